The van der Waals surface area contributed by atoms with Gasteiger partial charge in [0.05, 0.1) is 6.42 Å². The third-order valence-electron chi connectivity index (χ3n) is 4.03. The lowest BCUT2D eigenvalue weighted by Crippen LogP contribution is -2.29. The second-order valence-corrected chi connectivity index (χ2v) is 5.69. The summed E-state index contributed by atoms with van der Waals surface area (Å²) < 4.78 is 5.34. The molecule has 0 saturated carbocycles. The monoisotopic (exact) mass is 248 g/mol. The molecule has 2 rings (SSSR count). The molecule has 0 amide bonds. The minimum absolute atomic E-state index is 0.125. The molecule has 1 aromatic carbocycles. The van der Waals surface area contributed by atoms with Crippen molar-refractivity contribution in [1.29, 1.82) is 0 Å². The summed E-state index contributed by atoms with van der Waals surface area (Å²) in [5.41, 5.74) is 2.78. The fraction of sp³-hybridized carbons (Fsp3) is 0.533. The van der Waals surface area contributed by atoms with Crippen LogP contribution in [-0.4, -0.2) is 16.7 Å². The van der Waals surface area contributed by atoms with Gasteiger partial charge in [0.2, 0.25) is 0 Å². The van der Waals surface area contributed by atoms with Crippen LogP contribution in [0.1, 0.15) is 37.0 Å². The van der Waals surface area contributed by atoms with E-state index in [0.29, 0.717) is 12.2 Å². The van der Waals surface area contributed by atoms with E-state index in [9.17, 15) is 9.90 Å². The van der Waals surface area contributed by atoms with Gasteiger partial charge in [-0.05, 0) is 56.9 Å². The zero-order valence-electron chi connectivity index (χ0n) is 11.4. The number of ether oxygens (including phenoxy) is 1. The third kappa shape index (κ3) is 2.22. The Bertz CT molecular complexity index is 489. The number of carbonyl (C=O) groups is 1. The molecule has 3 heteroatoms. The molecule has 1 heterocycles. The summed E-state index contributed by atoms with van der Waals surface area (Å²) >= 11 is 0. The van der Waals surface area contributed by atoms with Gasteiger partial charge in [-0.25, -0.2) is 0 Å². The summed E-state index contributed by atoms with van der Waals surface area (Å²) in [6.45, 7) is 7.86. The van der Waals surface area contributed by atoms with E-state index in [1.54, 1.807) is 6.07 Å². The summed E-state index contributed by atoms with van der Waals surface area (Å²) in [6, 6.07) is 3.64. The SMILES string of the molecule is Cc1ccc(O)c(C)c1CC1CC(=O)OC1(C)C. The average molecular weight is 248 g/mol. The molecule has 1 aliphatic heterocycles. The van der Waals surface area contributed by atoms with Crippen LogP contribution in [-0.2, 0) is 16.0 Å². The Morgan fingerprint density at radius 2 is 2.06 bits per heavy atom. The molecule has 0 bridgehead atoms. The van der Waals surface area contributed by atoms with E-state index in [1.165, 1.54) is 0 Å². The molecule has 1 atom stereocenters. The van der Waals surface area contributed by atoms with Crippen LogP contribution in [0.5, 0.6) is 5.75 Å². The van der Waals surface area contributed by atoms with Gasteiger partial charge in [0.25, 0.3) is 0 Å². The van der Waals surface area contributed by atoms with Gasteiger partial charge in [-0.2, -0.15) is 0 Å². The summed E-state index contributed by atoms with van der Waals surface area (Å²) in [4.78, 5) is 11.4. The number of hydrogen-bond donors (Lipinski definition) is 1. The van der Waals surface area contributed by atoms with Crippen LogP contribution in [0.3, 0.4) is 0 Å². The molecule has 98 valence electrons. The average Bonchev–Trinajstić information content (AvgIpc) is 2.52. The van der Waals surface area contributed by atoms with Crippen LogP contribution in [0.25, 0.3) is 0 Å². The van der Waals surface area contributed by atoms with Crippen molar-refractivity contribution in [2.75, 3.05) is 0 Å². The molecule has 1 fully saturated rings. The van der Waals surface area contributed by atoms with Gasteiger partial charge in [-0.1, -0.05) is 6.07 Å². The molecular formula is C15H20O3. The van der Waals surface area contributed by atoms with Crippen LogP contribution in [0, 0.1) is 19.8 Å². The van der Waals surface area contributed by atoms with Gasteiger partial charge < -0.3 is 9.84 Å². The number of hydrogen-bond acceptors (Lipinski definition) is 3. The minimum atomic E-state index is -0.415. The predicted octanol–water partition coefficient (Wildman–Crippen LogP) is 2.89. The molecule has 0 radical (unpaired) electrons. The highest BCUT2D eigenvalue weighted by Crippen LogP contribution is 2.37. The smallest absolute Gasteiger partial charge is 0.306 e. The second-order valence-electron chi connectivity index (χ2n) is 5.69. The third-order valence-corrected chi connectivity index (χ3v) is 4.03. The Morgan fingerprint density at radius 3 is 2.61 bits per heavy atom. The number of cyclic esters (lactones) is 1. The van der Waals surface area contributed by atoms with Crippen molar-refractivity contribution < 1.29 is 14.6 Å². The Morgan fingerprint density at radius 1 is 1.39 bits per heavy atom. The Balaban J connectivity index is 2.30. The molecule has 0 spiro atoms. The number of aryl methyl sites for hydroxylation is 1. The van der Waals surface area contributed by atoms with Crippen LogP contribution in [0.4, 0.5) is 0 Å². The van der Waals surface area contributed by atoms with E-state index in [-0.39, 0.29) is 11.9 Å². The number of phenolic OH excluding ortho intramolecular Hbond substituents is 1. The van der Waals surface area contributed by atoms with Crippen LogP contribution >= 0.6 is 0 Å². The number of carbonyl (C=O) groups excluding carboxylic acids is 1. The van der Waals surface area contributed by atoms with E-state index < -0.39 is 5.60 Å². The van der Waals surface area contributed by atoms with Gasteiger partial charge in [-0.15, -0.1) is 0 Å². The minimum Gasteiger partial charge on any atom is -0.508 e. The Labute approximate surface area is 108 Å². The summed E-state index contributed by atoms with van der Waals surface area (Å²) in [6.07, 6.45) is 1.23. The largest absolute Gasteiger partial charge is 0.508 e. The van der Waals surface area contributed by atoms with Crippen molar-refractivity contribution in [1.82, 2.24) is 0 Å². The molecule has 0 aromatic heterocycles. The van der Waals surface area contributed by atoms with Crippen LogP contribution in [0.2, 0.25) is 0 Å². The van der Waals surface area contributed by atoms with E-state index in [2.05, 4.69) is 0 Å². The van der Waals surface area contributed by atoms with Crippen molar-refractivity contribution in [3.8, 4) is 5.75 Å². The van der Waals surface area contributed by atoms with E-state index in [4.69, 9.17) is 4.74 Å². The number of aromatic hydroxyl groups is 1. The van der Waals surface area contributed by atoms with Crippen molar-refractivity contribution in [2.24, 2.45) is 5.92 Å². The first kappa shape index (κ1) is 12.9. The van der Waals surface area contributed by atoms with Crippen LogP contribution < -0.4 is 0 Å². The van der Waals surface area contributed by atoms with Crippen LogP contribution in [0.15, 0.2) is 12.1 Å². The first-order chi connectivity index (χ1) is 8.31. The molecule has 3 nitrogen and oxygen atoms in total. The lowest BCUT2D eigenvalue weighted by molar-refractivity contribution is -0.146. The topological polar surface area (TPSA) is 46.5 Å². The predicted molar refractivity (Wildman–Crippen MR) is 69.6 cm³/mol. The molecule has 1 unspecified atom stereocenters. The zero-order chi connectivity index (χ0) is 13.5. The summed E-state index contributed by atoms with van der Waals surface area (Å²) in [5.74, 6) is 0.364. The van der Waals surface area contributed by atoms with Crippen molar-refractivity contribution >= 4 is 5.97 Å². The normalized spacial score (nSPS) is 22.0. The highest BCUT2D eigenvalue weighted by Gasteiger charge is 2.41. The fourth-order valence-electron chi connectivity index (χ4n) is 2.62. The number of rotatable bonds is 2. The Kier molecular flexibility index (Phi) is 3.09. The maximum atomic E-state index is 11.4. The lowest BCUT2D eigenvalue weighted by atomic mass is 9.83. The molecule has 1 aromatic rings. The summed E-state index contributed by atoms with van der Waals surface area (Å²) in [7, 11) is 0. The van der Waals surface area contributed by atoms with Gasteiger partial charge in [-0.3, -0.25) is 4.79 Å². The van der Waals surface area contributed by atoms with E-state index >= 15 is 0 Å². The highest BCUT2D eigenvalue weighted by atomic mass is 16.6. The number of phenols is 1. The van der Waals surface area contributed by atoms with E-state index in [0.717, 1.165) is 23.1 Å². The van der Waals surface area contributed by atoms with Gasteiger partial charge >= 0.3 is 5.97 Å². The maximum absolute atomic E-state index is 11.4. The van der Waals surface area contributed by atoms with Crippen molar-refractivity contribution in [2.45, 2.75) is 46.1 Å². The first-order valence-electron chi connectivity index (χ1n) is 6.31. The first-order valence-corrected chi connectivity index (χ1v) is 6.31. The Hall–Kier alpha value is -1.51. The van der Waals surface area contributed by atoms with Crippen molar-refractivity contribution in [3.05, 3.63) is 28.8 Å². The number of esters is 1. The molecule has 1 aliphatic rings. The van der Waals surface area contributed by atoms with Gasteiger partial charge in [0, 0.05) is 5.92 Å². The molecule has 1 N–H and O–H groups in total. The zero-order valence-corrected chi connectivity index (χ0v) is 11.4. The number of benzene rings is 1. The lowest BCUT2D eigenvalue weighted by Gasteiger charge is -2.26. The quantitative estimate of drug-likeness (QED) is 0.819. The highest BCUT2D eigenvalue weighted by molar-refractivity contribution is 5.72. The van der Waals surface area contributed by atoms with Gasteiger partial charge in [0.1, 0.15) is 11.4 Å². The summed E-state index contributed by atoms with van der Waals surface area (Å²) in [5, 5.41) is 9.78. The van der Waals surface area contributed by atoms with E-state index in [1.807, 2.05) is 33.8 Å². The molecule has 0 aliphatic carbocycles. The molecular weight excluding hydrogens is 228 g/mol. The van der Waals surface area contributed by atoms with Crippen molar-refractivity contribution in [3.63, 3.8) is 0 Å². The fourth-order valence-corrected chi connectivity index (χ4v) is 2.62. The maximum Gasteiger partial charge on any atom is 0.306 e. The molecule has 18 heavy (non-hydrogen) atoms. The molecule has 1 saturated heterocycles. The standard InChI is InChI=1S/C15H20O3/c1-9-5-6-13(16)10(2)12(9)7-11-8-14(17)18-15(11,3)4/h5-6,11,16H,7-8H2,1-4H3. The second kappa shape index (κ2) is 4.30. The van der Waals surface area contributed by atoms with Gasteiger partial charge in [0.15, 0.2) is 0 Å².